The molecule has 0 N–H and O–H groups in total. The zero-order valence-electron chi connectivity index (χ0n) is 8.13. The maximum atomic E-state index is 11.4. The lowest BCUT2D eigenvalue weighted by molar-refractivity contribution is 0.00695. The molecule has 0 fully saturated rings. The average molecular weight is 177 g/mol. The van der Waals surface area contributed by atoms with Crippen LogP contribution in [0.1, 0.15) is 31.1 Å². The number of benzene rings is 1. The van der Waals surface area contributed by atoms with Crippen molar-refractivity contribution in [2.24, 2.45) is 0 Å². The predicted molar refractivity (Wildman–Crippen MR) is 50.4 cm³/mol. The van der Waals surface area contributed by atoms with Gasteiger partial charge in [-0.25, -0.2) is 4.79 Å². The van der Waals surface area contributed by atoms with Crippen LogP contribution in [-0.4, -0.2) is 11.6 Å². The van der Waals surface area contributed by atoms with Crippen LogP contribution in [0.5, 0.6) is 0 Å². The fourth-order valence-electron chi connectivity index (χ4n) is 0.857. The Morgan fingerprint density at radius 3 is 2.62 bits per heavy atom. The minimum Gasteiger partial charge on any atom is -0.456 e. The molecular weight excluding hydrogens is 164 g/mol. The van der Waals surface area contributed by atoms with E-state index >= 15 is 0 Å². The van der Waals surface area contributed by atoms with Gasteiger partial charge in [-0.05, 0) is 39.0 Å². The summed E-state index contributed by atoms with van der Waals surface area (Å²) in [6.45, 7) is 5.53. The van der Waals surface area contributed by atoms with Gasteiger partial charge in [0, 0.05) is 0 Å². The molecule has 0 bridgehead atoms. The number of carbonyl (C=O) groups excluding carboxylic acids is 1. The number of rotatable bonds is 1. The number of ether oxygens (including phenoxy) is 1. The maximum absolute atomic E-state index is 11.4. The summed E-state index contributed by atoms with van der Waals surface area (Å²) >= 11 is 0. The average Bonchev–Trinajstić information content (AvgIpc) is 2.03. The third kappa shape index (κ3) is 3.28. The first-order chi connectivity index (χ1) is 5.99. The number of hydrogen-bond donors (Lipinski definition) is 0. The van der Waals surface area contributed by atoms with Crippen LogP contribution in [0.4, 0.5) is 0 Å². The maximum Gasteiger partial charge on any atom is 0.338 e. The molecule has 0 saturated heterocycles. The highest BCUT2D eigenvalue weighted by molar-refractivity contribution is 5.89. The third-order valence-corrected chi connectivity index (χ3v) is 1.34. The highest BCUT2D eigenvalue weighted by Crippen LogP contribution is 2.11. The third-order valence-electron chi connectivity index (χ3n) is 1.34. The Labute approximate surface area is 78.5 Å². The van der Waals surface area contributed by atoms with Gasteiger partial charge >= 0.3 is 5.97 Å². The van der Waals surface area contributed by atoms with Crippen molar-refractivity contribution in [1.82, 2.24) is 0 Å². The van der Waals surface area contributed by atoms with E-state index in [4.69, 9.17) is 4.74 Å². The highest BCUT2D eigenvalue weighted by Gasteiger charge is 2.16. The topological polar surface area (TPSA) is 26.3 Å². The van der Waals surface area contributed by atoms with Gasteiger partial charge in [-0.3, -0.25) is 0 Å². The van der Waals surface area contributed by atoms with Gasteiger partial charge in [-0.1, -0.05) is 12.1 Å². The van der Waals surface area contributed by atoms with E-state index in [0.29, 0.717) is 5.56 Å². The van der Waals surface area contributed by atoms with Gasteiger partial charge in [0.15, 0.2) is 0 Å². The summed E-state index contributed by atoms with van der Waals surface area (Å²) in [6.07, 6.45) is 0. The quantitative estimate of drug-likeness (QED) is 0.616. The molecule has 1 aromatic rings. The SMILES string of the molecule is CC(C)(C)OC(=O)c1c[c]ccc1. The highest BCUT2D eigenvalue weighted by atomic mass is 16.6. The second-order valence-electron chi connectivity index (χ2n) is 3.79. The normalized spacial score (nSPS) is 11.0. The van der Waals surface area contributed by atoms with Gasteiger partial charge in [0.25, 0.3) is 0 Å². The Morgan fingerprint density at radius 1 is 1.46 bits per heavy atom. The van der Waals surface area contributed by atoms with Gasteiger partial charge < -0.3 is 4.74 Å². The lowest BCUT2D eigenvalue weighted by atomic mass is 10.2. The Hall–Kier alpha value is -1.31. The van der Waals surface area contributed by atoms with Crippen molar-refractivity contribution in [2.75, 3.05) is 0 Å². The van der Waals surface area contributed by atoms with Gasteiger partial charge in [0.2, 0.25) is 0 Å². The number of carbonyl (C=O) groups is 1. The van der Waals surface area contributed by atoms with Crippen molar-refractivity contribution in [3.8, 4) is 0 Å². The Balaban J connectivity index is 2.71. The molecule has 0 aliphatic carbocycles. The molecule has 0 aliphatic heterocycles. The molecule has 1 rings (SSSR count). The van der Waals surface area contributed by atoms with Gasteiger partial charge in [-0.2, -0.15) is 0 Å². The lowest BCUT2D eigenvalue weighted by Crippen LogP contribution is -2.23. The van der Waals surface area contributed by atoms with Crippen LogP contribution in [0.15, 0.2) is 24.3 Å². The summed E-state index contributed by atoms with van der Waals surface area (Å²) in [6, 6.07) is 9.67. The van der Waals surface area contributed by atoms with Crippen LogP contribution in [0.25, 0.3) is 0 Å². The molecule has 0 unspecified atom stereocenters. The molecule has 0 aromatic heterocycles. The predicted octanol–water partition coefficient (Wildman–Crippen LogP) is 2.44. The second kappa shape index (κ2) is 3.60. The molecule has 0 aliphatic rings. The standard InChI is InChI=1S/C11H13O2/c1-11(2,3)13-10(12)9-7-5-4-6-8-9/h4-5,7-8H,1-3H3. The van der Waals surface area contributed by atoms with E-state index in [1.807, 2.05) is 20.8 Å². The lowest BCUT2D eigenvalue weighted by Gasteiger charge is -2.19. The molecule has 1 radical (unpaired) electrons. The zero-order chi connectivity index (χ0) is 9.90. The Bertz CT molecular complexity index is 283. The van der Waals surface area contributed by atoms with Crippen molar-refractivity contribution < 1.29 is 9.53 Å². The van der Waals surface area contributed by atoms with Gasteiger partial charge in [0.05, 0.1) is 5.56 Å². The van der Waals surface area contributed by atoms with Crippen LogP contribution in [0, 0.1) is 6.07 Å². The Morgan fingerprint density at radius 2 is 2.15 bits per heavy atom. The van der Waals surface area contributed by atoms with E-state index in [1.165, 1.54) is 0 Å². The van der Waals surface area contributed by atoms with Crippen LogP contribution in [0.3, 0.4) is 0 Å². The molecule has 1 aromatic carbocycles. The summed E-state index contributed by atoms with van der Waals surface area (Å²) in [7, 11) is 0. The van der Waals surface area contributed by atoms with Crippen molar-refractivity contribution in [3.05, 3.63) is 35.9 Å². The van der Waals surface area contributed by atoms with Gasteiger partial charge in [-0.15, -0.1) is 0 Å². The summed E-state index contributed by atoms with van der Waals surface area (Å²) in [5, 5.41) is 0. The number of esters is 1. The fourth-order valence-corrected chi connectivity index (χ4v) is 0.857. The minimum atomic E-state index is -0.438. The molecule has 0 saturated carbocycles. The first kappa shape index (κ1) is 9.78. The fraction of sp³-hybridized carbons (Fsp3) is 0.364. The van der Waals surface area contributed by atoms with E-state index in [1.54, 1.807) is 24.3 Å². The zero-order valence-corrected chi connectivity index (χ0v) is 8.13. The Kier molecular flexibility index (Phi) is 2.71. The summed E-state index contributed by atoms with van der Waals surface area (Å²) in [4.78, 5) is 11.4. The molecule has 0 atom stereocenters. The molecular formula is C11H13O2. The van der Waals surface area contributed by atoms with E-state index in [9.17, 15) is 4.79 Å². The number of hydrogen-bond acceptors (Lipinski definition) is 2. The molecule has 2 nitrogen and oxygen atoms in total. The molecule has 13 heavy (non-hydrogen) atoms. The summed E-state index contributed by atoms with van der Waals surface area (Å²) in [5.74, 6) is -0.302. The van der Waals surface area contributed by atoms with Crippen LogP contribution >= 0.6 is 0 Å². The van der Waals surface area contributed by atoms with Crippen LogP contribution in [0.2, 0.25) is 0 Å². The monoisotopic (exact) mass is 177 g/mol. The summed E-state index contributed by atoms with van der Waals surface area (Å²) in [5.41, 5.74) is 0.102. The molecule has 0 spiro atoms. The first-order valence-electron chi connectivity index (χ1n) is 4.18. The minimum absolute atomic E-state index is 0.302. The smallest absolute Gasteiger partial charge is 0.338 e. The van der Waals surface area contributed by atoms with E-state index in [-0.39, 0.29) is 5.97 Å². The van der Waals surface area contributed by atoms with Crippen LogP contribution < -0.4 is 0 Å². The van der Waals surface area contributed by atoms with Crippen molar-refractivity contribution >= 4 is 5.97 Å². The van der Waals surface area contributed by atoms with E-state index < -0.39 is 5.60 Å². The van der Waals surface area contributed by atoms with Gasteiger partial charge in [0.1, 0.15) is 5.60 Å². The summed E-state index contributed by atoms with van der Waals surface area (Å²) < 4.78 is 5.16. The van der Waals surface area contributed by atoms with E-state index in [0.717, 1.165) is 0 Å². The second-order valence-corrected chi connectivity index (χ2v) is 3.79. The van der Waals surface area contributed by atoms with E-state index in [2.05, 4.69) is 6.07 Å². The molecule has 69 valence electrons. The van der Waals surface area contributed by atoms with Crippen molar-refractivity contribution in [3.63, 3.8) is 0 Å². The van der Waals surface area contributed by atoms with Crippen molar-refractivity contribution in [1.29, 1.82) is 0 Å². The first-order valence-corrected chi connectivity index (χ1v) is 4.18. The largest absolute Gasteiger partial charge is 0.456 e. The van der Waals surface area contributed by atoms with Crippen molar-refractivity contribution in [2.45, 2.75) is 26.4 Å². The molecule has 2 heteroatoms. The molecule has 0 amide bonds. The van der Waals surface area contributed by atoms with Crippen LogP contribution in [-0.2, 0) is 4.74 Å². The molecule has 0 heterocycles.